The van der Waals surface area contributed by atoms with Crippen LogP contribution in [-0.4, -0.2) is 19.0 Å². The molecule has 0 radical (unpaired) electrons. The predicted molar refractivity (Wildman–Crippen MR) is 99.8 cm³/mol. The molecular formula is C17H33F2O3PS. The van der Waals surface area contributed by atoms with Gasteiger partial charge in [0.15, 0.2) is 0 Å². The number of allylic oxidation sites excluding steroid dienone is 1. The zero-order valence-corrected chi connectivity index (χ0v) is 16.8. The second-order valence-corrected chi connectivity index (χ2v) is 9.84. The minimum absolute atomic E-state index is 0.405. The van der Waals surface area contributed by atoms with E-state index in [0.717, 1.165) is 69.6 Å². The van der Waals surface area contributed by atoms with Crippen molar-refractivity contribution in [3.05, 3.63) is 12.2 Å². The Morgan fingerprint density at radius 3 is 2.08 bits per heavy atom. The SMILES string of the molecule is CCCSP(=O)(OCC)OCCCCCCCCCCC=C(F)F. The Kier molecular flexibility index (Phi) is 16.6. The highest BCUT2D eigenvalue weighted by Crippen LogP contribution is 2.60. The van der Waals surface area contributed by atoms with Crippen molar-refractivity contribution in [1.29, 1.82) is 0 Å². The maximum absolute atomic E-state index is 12.3. The predicted octanol–water partition coefficient (Wildman–Crippen LogP) is 7.58. The fourth-order valence-electron chi connectivity index (χ4n) is 2.17. The summed E-state index contributed by atoms with van der Waals surface area (Å²) in [5.41, 5.74) is 0. The van der Waals surface area contributed by atoms with E-state index < -0.39 is 12.9 Å². The molecule has 0 fully saturated rings. The van der Waals surface area contributed by atoms with Crippen LogP contribution in [0.1, 0.15) is 78.1 Å². The first-order chi connectivity index (χ1) is 11.5. The zero-order chi connectivity index (χ0) is 18.1. The number of unbranched alkanes of at least 4 members (excludes halogenated alkanes) is 8. The average Bonchev–Trinajstić information content (AvgIpc) is 2.54. The highest BCUT2D eigenvalue weighted by atomic mass is 32.7. The summed E-state index contributed by atoms with van der Waals surface area (Å²) in [6, 6.07) is 0. The Morgan fingerprint density at radius 1 is 0.958 bits per heavy atom. The second kappa shape index (κ2) is 16.6. The van der Waals surface area contributed by atoms with Crippen molar-refractivity contribution < 1.29 is 22.4 Å². The molecule has 0 aromatic rings. The number of halogens is 2. The van der Waals surface area contributed by atoms with Gasteiger partial charge < -0.3 is 9.05 Å². The molecule has 0 aliphatic rings. The van der Waals surface area contributed by atoms with Gasteiger partial charge in [-0.25, -0.2) is 4.57 Å². The minimum Gasteiger partial charge on any atom is -0.301 e. The Morgan fingerprint density at radius 2 is 1.54 bits per heavy atom. The molecule has 0 heterocycles. The summed E-state index contributed by atoms with van der Waals surface area (Å²) >= 11 is 1.29. The van der Waals surface area contributed by atoms with Crippen molar-refractivity contribution >= 4 is 18.2 Å². The van der Waals surface area contributed by atoms with Crippen molar-refractivity contribution in [3.63, 3.8) is 0 Å². The molecule has 0 amide bonds. The summed E-state index contributed by atoms with van der Waals surface area (Å²) in [7, 11) is 0. The standard InChI is InChI=1S/C17H33F2O3PS/c1-3-16-24-23(20,21-4-2)22-15-13-11-9-7-5-6-8-10-12-14-17(18)19/h14H,3-13,15-16H2,1-2H3. The highest BCUT2D eigenvalue weighted by molar-refractivity contribution is 8.55. The lowest BCUT2D eigenvalue weighted by Gasteiger charge is -2.16. The smallest absolute Gasteiger partial charge is 0.301 e. The quantitative estimate of drug-likeness (QED) is 0.191. The molecule has 0 saturated heterocycles. The van der Waals surface area contributed by atoms with Gasteiger partial charge in [-0.3, -0.25) is 0 Å². The van der Waals surface area contributed by atoms with Gasteiger partial charge in [0, 0.05) is 5.75 Å². The van der Waals surface area contributed by atoms with Crippen LogP contribution in [0.4, 0.5) is 8.78 Å². The first-order valence-electron chi connectivity index (χ1n) is 9.09. The van der Waals surface area contributed by atoms with Crippen molar-refractivity contribution in [2.24, 2.45) is 0 Å². The molecule has 1 unspecified atom stereocenters. The lowest BCUT2D eigenvalue weighted by Crippen LogP contribution is -1.96. The molecule has 0 aliphatic heterocycles. The molecule has 144 valence electrons. The minimum atomic E-state index is -2.96. The Labute approximate surface area is 150 Å². The topological polar surface area (TPSA) is 35.5 Å². The molecule has 0 aliphatic carbocycles. The molecule has 0 saturated carbocycles. The molecule has 0 aromatic carbocycles. The third-order valence-corrected chi connectivity index (χ3v) is 7.50. The summed E-state index contributed by atoms with van der Waals surface area (Å²) in [6.07, 6.45) is 9.19. The Bertz CT molecular complexity index is 364. The summed E-state index contributed by atoms with van der Waals surface area (Å²) in [4.78, 5) is 0. The van der Waals surface area contributed by atoms with Crippen LogP contribution in [0.5, 0.6) is 0 Å². The first kappa shape index (κ1) is 24.1. The van der Waals surface area contributed by atoms with Crippen LogP contribution in [0, 0.1) is 0 Å². The van der Waals surface area contributed by atoms with Crippen molar-refractivity contribution in [2.45, 2.75) is 78.1 Å². The summed E-state index contributed by atoms with van der Waals surface area (Å²) in [5.74, 6) is 0.783. The normalized spacial score (nSPS) is 13.7. The molecule has 0 bridgehead atoms. The van der Waals surface area contributed by atoms with Crippen LogP contribution in [0.2, 0.25) is 0 Å². The van der Waals surface area contributed by atoms with Gasteiger partial charge in [0.2, 0.25) is 0 Å². The summed E-state index contributed by atoms with van der Waals surface area (Å²) in [6.45, 7) is 1.79. The van der Waals surface area contributed by atoms with Gasteiger partial charge in [0.25, 0.3) is 6.08 Å². The fourth-order valence-corrected chi connectivity index (χ4v) is 5.67. The third kappa shape index (κ3) is 15.6. The van der Waals surface area contributed by atoms with E-state index in [2.05, 4.69) is 0 Å². The van der Waals surface area contributed by atoms with Crippen LogP contribution < -0.4 is 0 Å². The van der Waals surface area contributed by atoms with Crippen molar-refractivity contribution in [2.75, 3.05) is 19.0 Å². The maximum atomic E-state index is 12.3. The van der Waals surface area contributed by atoms with Gasteiger partial charge in [0.05, 0.1) is 13.2 Å². The van der Waals surface area contributed by atoms with Gasteiger partial charge in [-0.1, -0.05) is 45.4 Å². The molecule has 1 atom stereocenters. The first-order valence-corrected chi connectivity index (χ1v) is 12.2. The Hall–Kier alpha value is 0.100. The van der Waals surface area contributed by atoms with Crippen molar-refractivity contribution in [1.82, 2.24) is 0 Å². The lowest BCUT2D eigenvalue weighted by atomic mass is 10.1. The van der Waals surface area contributed by atoms with Crippen LogP contribution in [-0.2, 0) is 13.6 Å². The van der Waals surface area contributed by atoms with E-state index in [0.29, 0.717) is 19.6 Å². The van der Waals surface area contributed by atoms with E-state index in [1.807, 2.05) is 13.8 Å². The van der Waals surface area contributed by atoms with Crippen LogP contribution in [0.3, 0.4) is 0 Å². The molecule has 0 spiro atoms. The van der Waals surface area contributed by atoms with Crippen LogP contribution in [0.25, 0.3) is 0 Å². The molecule has 7 heteroatoms. The molecule has 0 aromatic heterocycles. The summed E-state index contributed by atoms with van der Waals surface area (Å²) < 4.78 is 46.7. The van der Waals surface area contributed by atoms with Gasteiger partial charge in [0.1, 0.15) is 0 Å². The monoisotopic (exact) mass is 386 g/mol. The van der Waals surface area contributed by atoms with Gasteiger partial charge in [-0.15, -0.1) is 0 Å². The zero-order valence-electron chi connectivity index (χ0n) is 15.1. The highest BCUT2D eigenvalue weighted by Gasteiger charge is 2.24. The van der Waals surface area contributed by atoms with Gasteiger partial charge in [-0.05, 0) is 50.1 Å². The van der Waals surface area contributed by atoms with Gasteiger partial charge >= 0.3 is 6.80 Å². The molecule has 0 N–H and O–H groups in total. The van der Waals surface area contributed by atoms with E-state index in [4.69, 9.17) is 9.05 Å². The molecular weight excluding hydrogens is 353 g/mol. The third-order valence-electron chi connectivity index (χ3n) is 3.39. The number of rotatable bonds is 17. The lowest BCUT2D eigenvalue weighted by molar-refractivity contribution is 0.223. The van der Waals surface area contributed by atoms with E-state index >= 15 is 0 Å². The summed E-state index contributed by atoms with van der Waals surface area (Å²) in [5, 5.41) is 0. The molecule has 0 rings (SSSR count). The van der Waals surface area contributed by atoms with Crippen LogP contribution in [0.15, 0.2) is 12.2 Å². The van der Waals surface area contributed by atoms with Crippen molar-refractivity contribution in [3.8, 4) is 0 Å². The van der Waals surface area contributed by atoms with E-state index in [1.54, 1.807) is 0 Å². The molecule has 3 nitrogen and oxygen atoms in total. The molecule has 24 heavy (non-hydrogen) atoms. The second-order valence-electron chi connectivity index (χ2n) is 5.64. The largest absolute Gasteiger partial charge is 0.389 e. The van der Waals surface area contributed by atoms with Gasteiger partial charge in [-0.2, -0.15) is 8.78 Å². The fraction of sp³-hybridized carbons (Fsp3) is 0.882. The maximum Gasteiger partial charge on any atom is 0.389 e. The van der Waals surface area contributed by atoms with Crippen LogP contribution >= 0.6 is 18.2 Å². The van der Waals surface area contributed by atoms with E-state index in [-0.39, 0.29) is 0 Å². The van der Waals surface area contributed by atoms with E-state index in [9.17, 15) is 13.3 Å². The number of hydrogen-bond acceptors (Lipinski definition) is 4. The van der Waals surface area contributed by atoms with E-state index in [1.165, 1.54) is 11.4 Å². The Balaban J connectivity index is 3.48. The number of hydrogen-bond donors (Lipinski definition) is 0. The average molecular weight is 386 g/mol.